The third kappa shape index (κ3) is 4.49. The standard InChI is InChI=1S/C13H18F4N2OS/c1-7(19-21(20)12(2,3)4)9-5-8(18)6-10(11(9)14)13(15,16)17/h5-7,19H,18H2,1-4H3/t7-,21?/m1/s1. The van der Waals surface area contributed by atoms with Gasteiger partial charge in [0.1, 0.15) is 10.6 Å². The predicted octanol–water partition coefficient (Wildman–Crippen LogP) is 3.54. The lowest BCUT2D eigenvalue weighted by Gasteiger charge is -2.27. The molecular formula is C13H18F4N2OS. The molecule has 0 aromatic heterocycles. The number of halogens is 4. The summed E-state index contributed by atoms with van der Waals surface area (Å²) in [6, 6.07) is 0.781. The number of hydrogen-bond acceptors (Lipinski definition) is 3. The summed E-state index contributed by atoms with van der Waals surface area (Å²) < 4.78 is 66.2. The van der Waals surface area contributed by atoms with Crippen molar-refractivity contribution in [2.45, 2.75) is 44.7 Å². The van der Waals surface area contributed by atoms with Crippen molar-refractivity contribution >= 4 is 17.0 Å². The van der Waals surface area contributed by atoms with Gasteiger partial charge in [-0.3, -0.25) is 0 Å². The monoisotopic (exact) mass is 326 g/mol. The Morgan fingerprint density at radius 2 is 1.76 bits per heavy atom. The van der Waals surface area contributed by atoms with E-state index in [2.05, 4.69) is 4.72 Å². The molecule has 0 fully saturated rings. The normalized spacial score (nSPS) is 15.9. The molecule has 1 rings (SSSR count). The van der Waals surface area contributed by atoms with Gasteiger partial charge in [-0.1, -0.05) is 0 Å². The number of nitrogen functional groups attached to an aromatic ring is 1. The number of anilines is 1. The Morgan fingerprint density at radius 3 is 2.19 bits per heavy atom. The first kappa shape index (κ1) is 18.1. The van der Waals surface area contributed by atoms with Gasteiger partial charge in [0.25, 0.3) is 0 Å². The lowest BCUT2D eigenvalue weighted by atomic mass is 10.0. The van der Waals surface area contributed by atoms with Crippen LogP contribution in [0.15, 0.2) is 12.1 Å². The van der Waals surface area contributed by atoms with Crippen molar-refractivity contribution in [2.24, 2.45) is 0 Å². The van der Waals surface area contributed by atoms with Crippen molar-refractivity contribution in [1.82, 2.24) is 4.72 Å². The molecular weight excluding hydrogens is 308 g/mol. The van der Waals surface area contributed by atoms with Crippen molar-refractivity contribution in [1.29, 1.82) is 0 Å². The summed E-state index contributed by atoms with van der Waals surface area (Å²) in [5.41, 5.74) is 3.52. The van der Waals surface area contributed by atoms with Crippen LogP contribution in [0, 0.1) is 5.82 Å². The van der Waals surface area contributed by atoms with Gasteiger partial charge in [0.05, 0.1) is 11.6 Å². The van der Waals surface area contributed by atoms with E-state index in [1.807, 2.05) is 0 Å². The van der Waals surface area contributed by atoms with Gasteiger partial charge in [0, 0.05) is 22.6 Å². The second-order valence-corrected chi connectivity index (χ2v) is 7.69. The first-order chi connectivity index (χ1) is 9.34. The van der Waals surface area contributed by atoms with Crippen LogP contribution in [0.3, 0.4) is 0 Å². The zero-order chi connectivity index (χ0) is 16.6. The molecule has 0 aliphatic heterocycles. The summed E-state index contributed by atoms with van der Waals surface area (Å²) in [5, 5.41) is 0. The molecule has 1 unspecified atom stereocenters. The summed E-state index contributed by atoms with van der Waals surface area (Å²) in [6.07, 6.45) is -4.84. The summed E-state index contributed by atoms with van der Waals surface area (Å²) in [5.74, 6) is -1.40. The van der Waals surface area contributed by atoms with Crippen LogP contribution in [0.4, 0.5) is 23.2 Å². The fourth-order valence-corrected chi connectivity index (χ4v) is 2.39. The molecule has 0 radical (unpaired) electrons. The molecule has 0 aliphatic carbocycles. The minimum Gasteiger partial charge on any atom is -0.598 e. The maximum Gasteiger partial charge on any atom is 0.419 e. The van der Waals surface area contributed by atoms with Crippen LogP contribution in [0.5, 0.6) is 0 Å². The lowest BCUT2D eigenvalue weighted by Crippen LogP contribution is -2.40. The van der Waals surface area contributed by atoms with Crippen molar-refractivity contribution in [3.8, 4) is 0 Å². The summed E-state index contributed by atoms with van der Waals surface area (Å²) in [4.78, 5) is 0. The van der Waals surface area contributed by atoms with Gasteiger partial charge < -0.3 is 10.3 Å². The molecule has 1 aromatic rings. The van der Waals surface area contributed by atoms with E-state index in [0.29, 0.717) is 6.07 Å². The topological polar surface area (TPSA) is 61.1 Å². The van der Waals surface area contributed by atoms with E-state index in [0.717, 1.165) is 6.07 Å². The second-order valence-electron chi connectivity index (χ2n) is 5.69. The number of nitrogens with two attached hydrogens (primary N) is 1. The molecule has 0 saturated heterocycles. The SMILES string of the molecule is C[C@@H](N[S+]([O-])C(C)(C)C)c1cc(N)cc(C(F)(F)F)c1F. The largest absolute Gasteiger partial charge is 0.598 e. The van der Waals surface area contributed by atoms with Crippen molar-refractivity contribution in [3.63, 3.8) is 0 Å². The Balaban J connectivity index is 3.16. The maximum atomic E-state index is 14.0. The van der Waals surface area contributed by atoms with E-state index in [-0.39, 0.29) is 11.3 Å². The minimum absolute atomic E-state index is 0.200. The number of alkyl halides is 3. The molecule has 1 aromatic carbocycles. The maximum absolute atomic E-state index is 14.0. The third-order valence-electron chi connectivity index (χ3n) is 2.73. The number of rotatable bonds is 3. The second kappa shape index (κ2) is 6.02. The molecule has 3 N–H and O–H groups in total. The first-order valence-electron chi connectivity index (χ1n) is 6.18. The van der Waals surface area contributed by atoms with Gasteiger partial charge in [0.2, 0.25) is 0 Å². The van der Waals surface area contributed by atoms with E-state index in [4.69, 9.17) is 5.73 Å². The molecule has 120 valence electrons. The van der Waals surface area contributed by atoms with Crippen LogP contribution < -0.4 is 10.5 Å². The third-order valence-corrected chi connectivity index (χ3v) is 4.41. The number of hydrogen-bond donors (Lipinski definition) is 2. The van der Waals surface area contributed by atoms with Gasteiger partial charge in [-0.05, 0) is 39.8 Å². The number of benzene rings is 1. The highest BCUT2D eigenvalue weighted by Gasteiger charge is 2.37. The zero-order valence-corrected chi connectivity index (χ0v) is 13.0. The predicted molar refractivity (Wildman–Crippen MR) is 75.3 cm³/mol. The highest BCUT2D eigenvalue weighted by molar-refractivity contribution is 7.90. The average Bonchev–Trinajstić information content (AvgIpc) is 2.28. The van der Waals surface area contributed by atoms with Crippen LogP contribution in [0.1, 0.15) is 44.9 Å². The fourth-order valence-electron chi connectivity index (χ4n) is 1.59. The smallest absolute Gasteiger partial charge is 0.419 e. The Hall–Kier alpha value is -0.990. The molecule has 0 bridgehead atoms. The Kier molecular flexibility index (Phi) is 5.18. The molecule has 0 heterocycles. The van der Waals surface area contributed by atoms with E-state index in [1.54, 1.807) is 20.8 Å². The quantitative estimate of drug-likeness (QED) is 0.507. The Bertz CT molecular complexity index is 514. The van der Waals surface area contributed by atoms with Gasteiger partial charge in [0.15, 0.2) is 0 Å². The Morgan fingerprint density at radius 1 is 1.24 bits per heavy atom. The van der Waals surface area contributed by atoms with Crippen LogP contribution in [-0.2, 0) is 17.5 Å². The Labute approximate surface area is 124 Å². The van der Waals surface area contributed by atoms with E-state index in [1.165, 1.54) is 6.92 Å². The summed E-state index contributed by atoms with van der Waals surface area (Å²) in [6.45, 7) is 6.51. The van der Waals surface area contributed by atoms with E-state index in [9.17, 15) is 22.1 Å². The molecule has 3 nitrogen and oxygen atoms in total. The van der Waals surface area contributed by atoms with E-state index >= 15 is 0 Å². The van der Waals surface area contributed by atoms with Crippen molar-refractivity contribution in [2.75, 3.05) is 5.73 Å². The number of nitrogens with one attached hydrogen (secondary N) is 1. The molecule has 0 saturated carbocycles. The lowest BCUT2D eigenvalue weighted by molar-refractivity contribution is -0.140. The summed E-state index contributed by atoms with van der Waals surface area (Å²) in [7, 11) is 0. The van der Waals surface area contributed by atoms with Gasteiger partial charge in [-0.25, -0.2) is 4.39 Å². The molecule has 0 amide bonds. The van der Waals surface area contributed by atoms with E-state index < -0.39 is 39.7 Å². The van der Waals surface area contributed by atoms with Crippen molar-refractivity contribution in [3.05, 3.63) is 29.1 Å². The molecule has 8 heteroatoms. The summed E-state index contributed by atoms with van der Waals surface area (Å²) >= 11 is -1.55. The molecule has 0 aliphatic rings. The fraction of sp³-hybridized carbons (Fsp3) is 0.538. The highest BCUT2D eigenvalue weighted by Crippen LogP contribution is 2.36. The average molecular weight is 326 g/mol. The zero-order valence-electron chi connectivity index (χ0n) is 12.1. The highest BCUT2D eigenvalue weighted by atomic mass is 32.2. The van der Waals surface area contributed by atoms with Crippen LogP contribution in [0.2, 0.25) is 0 Å². The first-order valence-corrected chi connectivity index (χ1v) is 7.33. The van der Waals surface area contributed by atoms with Gasteiger partial charge >= 0.3 is 6.18 Å². The van der Waals surface area contributed by atoms with Gasteiger partial charge in [-0.2, -0.15) is 13.2 Å². The molecule has 21 heavy (non-hydrogen) atoms. The molecule has 2 atom stereocenters. The molecule has 0 spiro atoms. The van der Waals surface area contributed by atoms with Crippen LogP contribution in [0.25, 0.3) is 0 Å². The van der Waals surface area contributed by atoms with Gasteiger partial charge in [-0.15, -0.1) is 4.72 Å². The minimum atomic E-state index is -4.84. The van der Waals surface area contributed by atoms with Crippen LogP contribution >= 0.6 is 0 Å². The van der Waals surface area contributed by atoms with Crippen LogP contribution in [-0.4, -0.2) is 9.30 Å². The van der Waals surface area contributed by atoms with Crippen molar-refractivity contribution < 1.29 is 22.1 Å².